The molecule has 1 fully saturated rings. The fourth-order valence-corrected chi connectivity index (χ4v) is 2.94. The van der Waals surface area contributed by atoms with E-state index in [1.165, 1.54) is 12.8 Å². The molecule has 20 heavy (non-hydrogen) atoms. The van der Waals surface area contributed by atoms with Crippen molar-refractivity contribution in [1.29, 1.82) is 0 Å². The lowest BCUT2D eigenvalue weighted by molar-refractivity contribution is 0.0877. The molecule has 110 valence electrons. The highest BCUT2D eigenvalue weighted by atomic mass is 16.5. The maximum atomic E-state index is 12.4. The molecule has 0 N–H and O–H groups in total. The van der Waals surface area contributed by atoms with Gasteiger partial charge in [-0.3, -0.25) is 9.69 Å². The van der Waals surface area contributed by atoms with Crippen LogP contribution in [0, 0.1) is 11.8 Å². The summed E-state index contributed by atoms with van der Waals surface area (Å²) in [6.07, 6.45) is 2.41. The number of carbonyl (C=O) groups is 1. The highest BCUT2D eigenvalue weighted by molar-refractivity contribution is 6.00. The molecular formula is C17H25NO2. The topological polar surface area (TPSA) is 29.5 Å². The summed E-state index contributed by atoms with van der Waals surface area (Å²) in [6, 6.07) is 7.48. The van der Waals surface area contributed by atoms with Crippen molar-refractivity contribution in [1.82, 2.24) is 4.90 Å². The highest BCUT2D eigenvalue weighted by Crippen LogP contribution is 2.25. The molecule has 0 saturated carbocycles. The number of hydrogen-bond donors (Lipinski definition) is 0. The number of ether oxygens (including phenoxy) is 1. The third kappa shape index (κ3) is 3.60. The number of piperidine rings is 1. The Labute approximate surface area is 121 Å². The molecule has 0 unspecified atom stereocenters. The van der Waals surface area contributed by atoms with Crippen molar-refractivity contribution in [2.45, 2.75) is 26.7 Å². The molecule has 1 heterocycles. The summed E-state index contributed by atoms with van der Waals surface area (Å²) in [7, 11) is 1.61. The van der Waals surface area contributed by atoms with E-state index in [0.717, 1.165) is 24.9 Å². The zero-order chi connectivity index (χ0) is 14.5. The molecule has 0 atom stereocenters. The summed E-state index contributed by atoms with van der Waals surface area (Å²) in [5.41, 5.74) is 0.695. The van der Waals surface area contributed by atoms with Crippen molar-refractivity contribution in [2.75, 3.05) is 26.7 Å². The molecule has 0 spiro atoms. The fourth-order valence-electron chi connectivity index (χ4n) is 2.94. The van der Waals surface area contributed by atoms with Crippen LogP contribution < -0.4 is 4.74 Å². The van der Waals surface area contributed by atoms with Gasteiger partial charge in [-0.05, 0) is 49.9 Å². The van der Waals surface area contributed by atoms with Gasteiger partial charge in [0.1, 0.15) is 5.75 Å². The molecule has 1 aromatic rings. The molecule has 3 heteroatoms. The maximum Gasteiger partial charge on any atom is 0.180 e. The van der Waals surface area contributed by atoms with E-state index in [9.17, 15) is 4.79 Å². The van der Waals surface area contributed by atoms with Crippen LogP contribution >= 0.6 is 0 Å². The first kappa shape index (κ1) is 15.0. The summed E-state index contributed by atoms with van der Waals surface area (Å²) in [5, 5.41) is 0. The van der Waals surface area contributed by atoms with Crippen molar-refractivity contribution in [2.24, 2.45) is 11.8 Å². The molecule has 1 aliphatic heterocycles. The van der Waals surface area contributed by atoms with Gasteiger partial charge in [-0.2, -0.15) is 0 Å². The lowest BCUT2D eigenvalue weighted by Gasteiger charge is -2.33. The average Bonchev–Trinajstić information content (AvgIpc) is 2.47. The number of rotatable bonds is 5. The summed E-state index contributed by atoms with van der Waals surface area (Å²) in [4.78, 5) is 14.7. The third-order valence-electron chi connectivity index (χ3n) is 4.35. The van der Waals surface area contributed by atoms with Crippen LogP contribution in [0.2, 0.25) is 0 Å². The van der Waals surface area contributed by atoms with Crippen molar-refractivity contribution >= 4 is 5.78 Å². The van der Waals surface area contributed by atoms with Crippen molar-refractivity contribution < 1.29 is 9.53 Å². The van der Waals surface area contributed by atoms with Crippen LogP contribution in [0.25, 0.3) is 0 Å². The van der Waals surface area contributed by atoms with Crippen LogP contribution in [0.5, 0.6) is 5.75 Å². The number of methoxy groups -OCH3 is 1. The van der Waals surface area contributed by atoms with Gasteiger partial charge in [-0.15, -0.1) is 0 Å². The molecule has 1 aromatic carbocycles. The first-order valence-electron chi connectivity index (χ1n) is 7.50. The van der Waals surface area contributed by atoms with Crippen LogP contribution in [-0.2, 0) is 0 Å². The Balaban J connectivity index is 1.93. The number of benzene rings is 1. The first-order chi connectivity index (χ1) is 9.61. The van der Waals surface area contributed by atoms with Gasteiger partial charge >= 0.3 is 0 Å². The molecule has 0 amide bonds. The number of Topliss-reactive ketones (excluding diaryl/α,β-unsaturated/α-hetero) is 1. The van der Waals surface area contributed by atoms with E-state index in [0.29, 0.717) is 17.9 Å². The fraction of sp³-hybridized carbons (Fsp3) is 0.588. The van der Waals surface area contributed by atoms with E-state index in [1.807, 2.05) is 24.3 Å². The van der Waals surface area contributed by atoms with Gasteiger partial charge in [0.05, 0.1) is 19.2 Å². The molecule has 0 radical (unpaired) electrons. The van der Waals surface area contributed by atoms with Crippen molar-refractivity contribution in [3.8, 4) is 5.75 Å². The van der Waals surface area contributed by atoms with Crippen LogP contribution in [-0.4, -0.2) is 37.4 Å². The molecular weight excluding hydrogens is 250 g/mol. The molecule has 0 bridgehead atoms. The minimum atomic E-state index is 0.158. The van der Waals surface area contributed by atoms with Crippen LogP contribution in [0.4, 0.5) is 0 Å². The Morgan fingerprint density at radius 2 is 1.95 bits per heavy atom. The van der Waals surface area contributed by atoms with E-state index in [2.05, 4.69) is 18.7 Å². The Morgan fingerprint density at radius 3 is 2.55 bits per heavy atom. The number of hydrogen-bond acceptors (Lipinski definition) is 3. The summed E-state index contributed by atoms with van der Waals surface area (Å²) in [5.74, 6) is 2.40. The molecule has 3 nitrogen and oxygen atoms in total. The first-order valence-corrected chi connectivity index (χ1v) is 7.50. The van der Waals surface area contributed by atoms with Gasteiger partial charge in [0.25, 0.3) is 0 Å². The van der Waals surface area contributed by atoms with Gasteiger partial charge < -0.3 is 4.74 Å². The van der Waals surface area contributed by atoms with Crippen LogP contribution in [0.15, 0.2) is 24.3 Å². The number of para-hydroxylation sites is 1. The molecule has 0 aliphatic carbocycles. The number of likely N-dealkylation sites (tertiary alicyclic amines) is 1. The number of nitrogens with zero attached hydrogens (tertiary/aromatic N) is 1. The Bertz CT molecular complexity index is 448. The quantitative estimate of drug-likeness (QED) is 0.773. The van der Waals surface area contributed by atoms with E-state index in [1.54, 1.807) is 7.11 Å². The smallest absolute Gasteiger partial charge is 0.180 e. The van der Waals surface area contributed by atoms with Gasteiger partial charge in [0.2, 0.25) is 0 Å². The Hall–Kier alpha value is -1.35. The third-order valence-corrected chi connectivity index (χ3v) is 4.35. The van der Waals surface area contributed by atoms with E-state index >= 15 is 0 Å². The maximum absolute atomic E-state index is 12.4. The van der Waals surface area contributed by atoms with Gasteiger partial charge in [-0.25, -0.2) is 0 Å². The molecule has 0 aromatic heterocycles. The molecule has 1 saturated heterocycles. The van der Waals surface area contributed by atoms with E-state index in [-0.39, 0.29) is 5.78 Å². The average molecular weight is 275 g/mol. The van der Waals surface area contributed by atoms with E-state index in [4.69, 9.17) is 4.74 Å². The molecule has 2 rings (SSSR count). The zero-order valence-corrected chi connectivity index (χ0v) is 12.8. The summed E-state index contributed by atoms with van der Waals surface area (Å²) in [6.45, 7) is 7.15. The second-order valence-electron chi connectivity index (χ2n) is 5.98. The second kappa shape index (κ2) is 6.89. The minimum absolute atomic E-state index is 0.158. The second-order valence-corrected chi connectivity index (χ2v) is 5.98. The number of carbonyl (C=O) groups excluding carboxylic acids is 1. The normalized spacial score (nSPS) is 17.4. The predicted molar refractivity (Wildman–Crippen MR) is 81.3 cm³/mol. The largest absolute Gasteiger partial charge is 0.496 e. The number of ketones is 1. The highest BCUT2D eigenvalue weighted by Gasteiger charge is 2.23. The minimum Gasteiger partial charge on any atom is -0.496 e. The monoisotopic (exact) mass is 275 g/mol. The lowest BCUT2D eigenvalue weighted by Crippen LogP contribution is -2.38. The standard InChI is InChI=1S/C17H25NO2/c1-13(2)14-8-10-18(11-9-14)12-16(19)15-6-4-5-7-17(15)20-3/h4-7,13-14H,8-12H2,1-3H3. The predicted octanol–water partition coefficient (Wildman–Crippen LogP) is 3.25. The SMILES string of the molecule is COc1ccccc1C(=O)CN1CCC(C(C)C)CC1. The lowest BCUT2D eigenvalue weighted by atomic mass is 9.86. The van der Waals surface area contributed by atoms with E-state index < -0.39 is 0 Å². The van der Waals surface area contributed by atoms with Gasteiger partial charge in [0.15, 0.2) is 5.78 Å². The van der Waals surface area contributed by atoms with Crippen molar-refractivity contribution in [3.05, 3.63) is 29.8 Å². The van der Waals surface area contributed by atoms with Gasteiger partial charge in [-0.1, -0.05) is 26.0 Å². The summed E-state index contributed by atoms with van der Waals surface area (Å²) >= 11 is 0. The Kier molecular flexibility index (Phi) is 5.18. The molecule has 1 aliphatic rings. The van der Waals surface area contributed by atoms with Crippen LogP contribution in [0.3, 0.4) is 0 Å². The summed E-state index contributed by atoms with van der Waals surface area (Å²) < 4.78 is 5.26. The Morgan fingerprint density at radius 1 is 1.30 bits per heavy atom. The van der Waals surface area contributed by atoms with Crippen molar-refractivity contribution in [3.63, 3.8) is 0 Å². The van der Waals surface area contributed by atoms with Crippen LogP contribution in [0.1, 0.15) is 37.0 Å². The van der Waals surface area contributed by atoms with Gasteiger partial charge in [0, 0.05) is 0 Å². The zero-order valence-electron chi connectivity index (χ0n) is 12.8.